The van der Waals surface area contributed by atoms with Gasteiger partial charge in [-0.3, -0.25) is 0 Å². The van der Waals surface area contributed by atoms with E-state index in [1.807, 2.05) is 24.3 Å². The first kappa shape index (κ1) is 19.4. The lowest BCUT2D eigenvalue weighted by Crippen LogP contribution is -2.29. The monoisotopic (exact) mass is 461 g/mol. The molecule has 0 saturated carbocycles. The van der Waals surface area contributed by atoms with Crippen molar-refractivity contribution < 1.29 is 0 Å². The van der Waals surface area contributed by atoms with E-state index >= 15 is 0 Å². The smallest absolute Gasteiger partial charge is 0.121 e. The molecule has 0 N–H and O–H groups in total. The third-order valence-corrected chi connectivity index (χ3v) is 5.93. The molecule has 0 saturated heterocycles. The second kappa shape index (κ2) is 8.68. The Morgan fingerprint density at radius 1 is 0.677 bits per heavy atom. The number of fused-ring (bicyclic) bond motifs is 1. The maximum atomic E-state index is 3.58. The predicted molar refractivity (Wildman–Crippen MR) is 133 cm³/mol. The van der Waals surface area contributed by atoms with Gasteiger partial charge in [-0.1, -0.05) is 101 Å². The van der Waals surface area contributed by atoms with Crippen molar-refractivity contribution >= 4 is 33.4 Å². The third-order valence-electron chi connectivity index (χ3n) is 5.40. The Bertz CT molecular complexity index is 1280. The maximum absolute atomic E-state index is 3.58. The van der Waals surface area contributed by atoms with Crippen LogP contribution in [0.1, 0.15) is 28.3 Å². The molecule has 1 nitrogen and oxygen atoms in total. The molecule has 1 heterocycles. The lowest BCUT2D eigenvalue weighted by atomic mass is 9.91. The van der Waals surface area contributed by atoms with E-state index in [-0.39, 0.29) is 6.04 Å². The molecule has 0 spiro atoms. The Morgan fingerprint density at radius 2 is 1.32 bits per heavy atom. The molecule has 0 radical (unpaired) electrons. The zero-order valence-electron chi connectivity index (χ0n) is 16.9. The molecule has 4 aromatic carbocycles. The Balaban J connectivity index is 1.70. The van der Waals surface area contributed by atoms with Crippen molar-refractivity contribution in [3.63, 3.8) is 0 Å². The second-order valence-electron chi connectivity index (χ2n) is 7.41. The molecule has 0 fully saturated rings. The molecular formula is C29H20BrN. The number of halogens is 1. The van der Waals surface area contributed by atoms with E-state index < -0.39 is 0 Å². The molecule has 5 rings (SSSR count). The molecule has 4 aromatic rings. The van der Waals surface area contributed by atoms with Crippen molar-refractivity contribution in [2.24, 2.45) is 0 Å². The van der Waals surface area contributed by atoms with Gasteiger partial charge in [0.05, 0.1) is 5.70 Å². The first-order chi connectivity index (χ1) is 15.3. The summed E-state index contributed by atoms with van der Waals surface area (Å²) in [5.41, 5.74) is 6.89. The molecule has 0 amide bonds. The highest BCUT2D eigenvalue weighted by Crippen LogP contribution is 2.41. The first-order valence-electron chi connectivity index (χ1n) is 10.3. The highest BCUT2D eigenvalue weighted by atomic mass is 79.9. The van der Waals surface area contributed by atoms with Gasteiger partial charge in [-0.2, -0.15) is 0 Å². The van der Waals surface area contributed by atoms with E-state index in [2.05, 4.69) is 124 Å². The van der Waals surface area contributed by atoms with E-state index in [9.17, 15) is 0 Å². The Morgan fingerprint density at radius 3 is 2.06 bits per heavy atom. The summed E-state index contributed by atoms with van der Waals surface area (Å²) >= 11 is 3.50. The summed E-state index contributed by atoms with van der Waals surface area (Å²) in [6.45, 7) is 0. The van der Waals surface area contributed by atoms with Gasteiger partial charge in [-0.15, -0.1) is 0 Å². The number of para-hydroxylation sites is 1. The number of nitrogens with zero attached hydrogens (tertiary/aromatic N) is 1. The Labute approximate surface area is 191 Å². The van der Waals surface area contributed by atoms with Crippen LogP contribution < -0.4 is 4.90 Å². The maximum Gasteiger partial charge on any atom is 0.121 e. The molecule has 0 aromatic heterocycles. The van der Waals surface area contributed by atoms with Gasteiger partial charge in [0.25, 0.3) is 0 Å². The van der Waals surface area contributed by atoms with E-state index in [1.54, 1.807) is 0 Å². The van der Waals surface area contributed by atoms with Gasteiger partial charge in [0.15, 0.2) is 0 Å². The van der Waals surface area contributed by atoms with Crippen molar-refractivity contribution in [1.29, 1.82) is 0 Å². The average Bonchev–Trinajstić information content (AvgIpc) is 2.84. The van der Waals surface area contributed by atoms with E-state index in [0.717, 1.165) is 21.4 Å². The average molecular weight is 462 g/mol. The largest absolute Gasteiger partial charge is 0.322 e. The first-order valence-corrected chi connectivity index (χ1v) is 11.1. The van der Waals surface area contributed by atoms with Crippen LogP contribution in [-0.2, 0) is 0 Å². The molecule has 1 atom stereocenters. The predicted octanol–water partition coefficient (Wildman–Crippen LogP) is 7.56. The fourth-order valence-corrected chi connectivity index (χ4v) is 4.19. The lowest BCUT2D eigenvalue weighted by Gasteiger charge is -2.37. The zero-order valence-corrected chi connectivity index (χ0v) is 18.5. The summed E-state index contributed by atoms with van der Waals surface area (Å²) in [4.78, 5) is 2.35. The van der Waals surface area contributed by atoms with E-state index in [4.69, 9.17) is 0 Å². The highest BCUT2D eigenvalue weighted by molar-refractivity contribution is 9.10. The van der Waals surface area contributed by atoms with Crippen LogP contribution in [0.3, 0.4) is 0 Å². The molecule has 0 aliphatic carbocycles. The van der Waals surface area contributed by atoms with Crippen molar-refractivity contribution in [2.75, 3.05) is 4.90 Å². The lowest BCUT2D eigenvalue weighted by molar-refractivity contribution is 0.873. The summed E-state index contributed by atoms with van der Waals surface area (Å²) in [5.74, 6) is 7.00. The molecular weight excluding hydrogens is 442 g/mol. The van der Waals surface area contributed by atoms with Gasteiger partial charge < -0.3 is 4.90 Å². The number of hydrogen-bond donors (Lipinski definition) is 0. The van der Waals surface area contributed by atoms with Crippen LogP contribution in [0, 0.1) is 11.8 Å². The normalized spacial score (nSPS) is 14.8. The van der Waals surface area contributed by atoms with Crippen LogP contribution in [0.2, 0.25) is 0 Å². The SMILES string of the molecule is Brc1ccc(C#CC2c3ccccc3C=C(c3ccccc3)N2c2ccccc2)cc1. The van der Waals surface area contributed by atoms with Crippen LogP contribution in [-0.4, -0.2) is 0 Å². The fourth-order valence-electron chi connectivity index (χ4n) is 3.92. The minimum atomic E-state index is -0.0950. The van der Waals surface area contributed by atoms with E-state index in [1.165, 1.54) is 16.7 Å². The van der Waals surface area contributed by atoms with Crippen molar-refractivity contribution in [3.8, 4) is 11.8 Å². The minimum absolute atomic E-state index is 0.0950. The number of rotatable bonds is 2. The zero-order chi connectivity index (χ0) is 21.0. The van der Waals surface area contributed by atoms with Crippen LogP contribution >= 0.6 is 15.9 Å². The summed E-state index contributed by atoms with van der Waals surface area (Å²) in [7, 11) is 0. The molecule has 148 valence electrons. The van der Waals surface area contributed by atoms with E-state index in [0.29, 0.717) is 0 Å². The van der Waals surface area contributed by atoms with Gasteiger partial charge in [-0.05, 0) is 59.2 Å². The van der Waals surface area contributed by atoms with Gasteiger partial charge in [-0.25, -0.2) is 0 Å². The van der Waals surface area contributed by atoms with Gasteiger partial charge in [0, 0.05) is 15.7 Å². The number of hydrogen-bond acceptors (Lipinski definition) is 1. The standard InChI is InChI=1S/C29H20BrN/c30-25-18-15-22(16-19-25)17-20-28-27-14-8-7-11-24(27)21-29(23-9-3-1-4-10-23)31(28)26-12-5-2-6-13-26/h1-16,18-19,21,28H. The Kier molecular flexibility index (Phi) is 5.44. The van der Waals surface area contributed by atoms with Crippen molar-refractivity contribution in [1.82, 2.24) is 0 Å². The Hall–Kier alpha value is -3.54. The third kappa shape index (κ3) is 4.06. The highest BCUT2D eigenvalue weighted by Gasteiger charge is 2.29. The molecule has 1 unspecified atom stereocenters. The van der Waals surface area contributed by atoms with Crippen LogP contribution in [0.4, 0.5) is 5.69 Å². The summed E-state index contributed by atoms with van der Waals surface area (Å²) in [5, 5.41) is 0. The summed E-state index contributed by atoms with van der Waals surface area (Å²) in [6.07, 6.45) is 2.27. The van der Waals surface area contributed by atoms with Crippen LogP contribution in [0.5, 0.6) is 0 Å². The summed E-state index contributed by atoms with van der Waals surface area (Å²) < 4.78 is 1.06. The molecule has 1 aliphatic heterocycles. The molecule has 1 aliphatic rings. The quantitative estimate of drug-likeness (QED) is 0.278. The topological polar surface area (TPSA) is 3.24 Å². The second-order valence-corrected chi connectivity index (χ2v) is 8.32. The molecule has 2 heteroatoms. The summed E-state index contributed by atoms with van der Waals surface area (Å²) in [6, 6.07) is 37.7. The number of anilines is 1. The van der Waals surface area contributed by atoms with Crippen LogP contribution in [0.25, 0.3) is 11.8 Å². The molecule has 0 bridgehead atoms. The van der Waals surface area contributed by atoms with Crippen molar-refractivity contribution in [3.05, 3.63) is 136 Å². The van der Waals surface area contributed by atoms with Crippen LogP contribution in [0.15, 0.2) is 114 Å². The fraction of sp³-hybridized carbons (Fsp3) is 0.0345. The van der Waals surface area contributed by atoms with Gasteiger partial charge >= 0.3 is 0 Å². The number of benzene rings is 4. The minimum Gasteiger partial charge on any atom is -0.322 e. The van der Waals surface area contributed by atoms with Crippen molar-refractivity contribution in [2.45, 2.75) is 6.04 Å². The molecule has 31 heavy (non-hydrogen) atoms. The van der Waals surface area contributed by atoms with Gasteiger partial charge in [0.2, 0.25) is 0 Å². The van der Waals surface area contributed by atoms with Gasteiger partial charge in [0.1, 0.15) is 6.04 Å².